The smallest absolute Gasteiger partial charge is 0.150 e. The van der Waals surface area contributed by atoms with Gasteiger partial charge in [-0.15, -0.1) is 0 Å². The molecular weight excluding hydrogens is 292 g/mol. The molecule has 1 rings (SSSR count). The van der Waals surface area contributed by atoms with E-state index in [2.05, 4.69) is 19.1 Å². The molecule has 0 aliphatic carbocycles. The number of hydrogen-bond donors (Lipinski definition) is 0. The molecule has 0 radical (unpaired) electrons. The van der Waals surface area contributed by atoms with Gasteiger partial charge in [0.1, 0.15) is 6.29 Å². The minimum absolute atomic E-state index is 0.778. The summed E-state index contributed by atoms with van der Waals surface area (Å²) in [5, 5.41) is 0. The van der Waals surface area contributed by atoms with Crippen LogP contribution in [-0.4, -0.2) is 6.29 Å². The summed E-state index contributed by atoms with van der Waals surface area (Å²) in [5.74, 6) is 0. The minimum atomic E-state index is 0.778. The summed E-state index contributed by atoms with van der Waals surface area (Å²) in [7, 11) is 0. The van der Waals surface area contributed by atoms with Gasteiger partial charge in [0.2, 0.25) is 0 Å². The van der Waals surface area contributed by atoms with Crippen molar-refractivity contribution in [2.75, 3.05) is 0 Å². The largest absolute Gasteiger partial charge is 0.298 e. The highest BCUT2D eigenvalue weighted by Crippen LogP contribution is 2.14. The van der Waals surface area contributed by atoms with Gasteiger partial charge < -0.3 is 0 Å². The van der Waals surface area contributed by atoms with Crippen molar-refractivity contribution in [1.29, 1.82) is 0 Å². The van der Waals surface area contributed by atoms with E-state index >= 15 is 0 Å². The molecule has 1 aromatic rings. The topological polar surface area (TPSA) is 17.1 Å². The Kier molecular flexibility index (Phi) is 13.4. The van der Waals surface area contributed by atoms with Crippen molar-refractivity contribution in [3.05, 3.63) is 35.4 Å². The first-order chi connectivity index (χ1) is 11.9. The lowest BCUT2D eigenvalue weighted by Crippen LogP contribution is -1.88. The standard InChI is InChI=1S/C23H38O/c1-2-3-4-5-6-7-8-9-10-11-12-13-14-15-16-22-17-19-23(21-24)20-18-22/h17-21H,2-16H2,1H3. The Morgan fingerprint density at radius 2 is 1.04 bits per heavy atom. The summed E-state index contributed by atoms with van der Waals surface area (Å²) in [4.78, 5) is 10.6. The Labute approximate surface area is 150 Å². The number of carbonyl (C=O) groups is 1. The summed E-state index contributed by atoms with van der Waals surface area (Å²) < 4.78 is 0. The van der Waals surface area contributed by atoms with Crippen LogP contribution in [0.3, 0.4) is 0 Å². The lowest BCUT2D eigenvalue weighted by atomic mass is 10.0. The normalized spacial score (nSPS) is 10.9. The molecule has 0 atom stereocenters. The second-order valence-corrected chi connectivity index (χ2v) is 7.21. The molecule has 24 heavy (non-hydrogen) atoms. The Balaban J connectivity index is 1.81. The number of hydrogen-bond acceptors (Lipinski definition) is 1. The van der Waals surface area contributed by atoms with Gasteiger partial charge in [-0.2, -0.15) is 0 Å². The van der Waals surface area contributed by atoms with Gasteiger partial charge in [0.25, 0.3) is 0 Å². The summed E-state index contributed by atoms with van der Waals surface area (Å²) >= 11 is 0. The summed E-state index contributed by atoms with van der Waals surface area (Å²) in [6.07, 6.45) is 21.8. The van der Waals surface area contributed by atoms with Gasteiger partial charge in [-0.1, -0.05) is 115 Å². The SMILES string of the molecule is CCCCCCCCCCCCCCCCc1ccc(C=O)cc1. The van der Waals surface area contributed by atoms with Crippen molar-refractivity contribution in [3.63, 3.8) is 0 Å². The third-order valence-corrected chi connectivity index (χ3v) is 4.93. The predicted molar refractivity (Wildman–Crippen MR) is 106 cm³/mol. The maximum Gasteiger partial charge on any atom is 0.150 e. The molecule has 1 aromatic carbocycles. The average Bonchev–Trinajstić information content (AvgIpc) is 2.62. The molecule has 0 saturated heterocycles. The number of aldehydes is 1. The average molecular weight is 331 g/mol. The molecule has 0 N–H and O–H groups in total. The van der Waals surface area contributed by atoms with Crippen molar-refractivity contribution in [2.24, 2.45) is 0 Å². The van der Waals surface area contributed by atoms with Gasteiger partial charge >= 0.3 is 0 Å². The van der Waals surface area contributed by atoms with Gasteiger partial charge in [-0.25, -0.2) is 0 Å². The van der Waals surface area contributed by atoms with E-state index in [1.807, 2.05) is 12.1 Å². The molecule has 0 aliphatic heterocycles. The molecule has 0 aromatic heterocycles. The monoisotopic (exact) mass is 330 g/mol. The number of unbranched alkanes of at least 4 members (excludes halogenated alkanes) is 13. The van der Waals surface area contributed by atoms with Crippen molar-refractivity contribution in [3.8, 4) is 0 Å². The van der Waals surface area contributed by atoms with Crippen LogP contribution in [0, 0.1) is 0 Å². The molecule has 0 saturated carbocycles. The van der Waals surface area contributed by atoms with E-state index in [-0.39, 0.29) is 0 Å². The fourth-order valence-corrected chi connectivity index (χ4v) is 3.29. The number of rotatable bonds is 16. The minimum Gasteiger partial charge on any atom is -0.298 e. The molecule has 1 heteroatoms. The van der Waals surface area contributed by atoms with Gasteiger partial charge in [-0.05, 0) is 18.4 Å². The van der Waals surface area contributed by atoms with Gasteiger partial charge in [0.05, 0.1) is 0 Å². The van der Waals surface area contributed by atoms with Gasteiger partial charge in [0, 0.05) is 5.56 Å². The molecular formula is C23H38O. The van der Waals surface area contributed by atoms with Crippen LogP contribution < -0.4 is 0 Å². The zero-order valence-electron chi connectivity index (χ0n) is 15.9. The fraction of sp³-hybridized carbons (Fsp3) is 0.696. The Hall–Kier alpha value is -1.11. The first-order valence-electron chi connectivity index (χ1n) is 10.4. The highest BCUT2D eigenvalue weighted by molar-refractivity contribution is 5.74. The zero-order chi connectivity index (χ0) is 17.3. The van der Waals surface area contributed by atoms with Crippen LogP contribution in [0.15, 0.2) is 24.3 Å². The van der Waals surface area contributed by atoms with E-state index in [4.69, 9.17) is 0 Å². The highest BCUT2D eigenvalue weighted by Gasteiger charge is 1.96. The Morgan fingerprint density at radius 1 is 0.625 bits per heavy atom. The van der Waals surface area contributed by atoms with Crippen LogP contribution in [0.1, 0.15) is 113 Å². The van der Waals surface area contributed by atoms with E-state index in [0.717, 1.165) is 18.3 Å². The molecule has 0 bridgehead atoms. The molecule has 0 spiro atoms. The van der Waals surface area contributed by atoms with E-state index in [1.165, 1.54) is 95.5 Å². The van der Waals surface area contributed by atoms with E-state index < -0.39 is 0 Å². The Morgan fingerprint density at radius 3 is 1.46 bits per heavy atom. The second kappa shape index (κ2) is 15.4. The molecule has 0 unspecified atom stereocenters. The van der Waals surface area contributed by atoms with Crippen LogP contribution in [0.25, 0.3) is 0 Å². The van der Waals surface area contributed by atoms with Crippen LogP contribution in [0.2, 0.25) is 0 Å². The van der Waals surface area contributed by atoms with E-state index in [0.29, 0.717) is 0 Å². The zero-order valence-corrected chi connectivity index (χ0v) is 15.9. The maximum atomic E-state index is 10.6. The number of carbonyl (C=O) groups excluding carboxylic acids is 1. The molecule has 136 valence electrons. The first-order valence-corrected chi connectivity index (χ1v) is 10.4. The molecule has 0 heterocycles. The lowest BCUT2D eigenvalue weighted by Gasteiger charge is -2.04. The summed E-state index contributed by atoms with van der Waals surface area (Å²) in [5.41, 5.74) is 2.14. The summed E-state index contributed by atoms with van der Waals surface area (Å²) in [6, 6.07) is 8.02. The number of aryl methyl sites for hydroxylation is 1. The Bertz CT molecular complexity index is 393. The highest BCUT2D eigenvalue weighted by atomic mass is 16.1. The van der Waals surface area contributed by atoms with Crippen molar-refractivity contribution < 1.29 is 4.79 Å². The maximum absolute atomic E-state index is 10.6. The first kappa shape index (κ1) is 20.9. The van der Waals surface area contributed by atoms with Gasteiger partial charge in [-0.3, -0.25) is 4.79 Å². The van der Waals surface area contributed by atoms with Crippen molar-refractivity contribution in [1.82, 2.24) is 0 Å². The van der Waals surface area contributed by atoms with Crippen molar-refractivity contribution >= 4 is 6.29 Å². The lowest BCUT2D eigenvalue weighted by molar-refractivity contribution is 0.112. The third kappa shape index (κ3) is 11.4. The quantitative estimate of drug-likeness (QED) is 0.226. The second-order valence-electron chi connectivity index (χ2n) is 7.21. The van der Waals surface area contributed by atoms with Crippen LogP contribution in [-0.2, 0) is 6.42 Å². The van der Waals surface area contributed by atoms with Crippen LogP contribution >= 0.6 is 0 Å². The van der Waals surface area contributed by atoms with E-state index in [9.17, 15) is 4.79 Å². The predicted octanol–water partition coefficient (Wildman–Crippen LogP) is 7.52. The molecule has 0 fully saturated rings. The molecule has 1 nitrogen and oxygen atoms in total. The molecule has 0 aliphatic rings. The number of benzene rings is 1. The van der Waals surface area contributed by atoms with E-state index in [1.54, 1.807) is 0 Å². The fourth-order valence-electron chi connectivity index (χ4n) is 3.29. The van der Waals surface area contributed by atoms with Crippen molar-refractivity contribution in [2.45, 2.75) is 103 Å². The molecule has 0 amide bonds. The van der Waals surface area contributed by atoms with Crippen LogP contribution in [0.4, 0.5) is 0 Å². The van der Waals surface area contributed by atoms with Crippen LogP contribution in [0.5, 0.6) is 0 Å². The van der Waals surface area contributed by atoms with Gasteiger partial charge in [0.15, 0.2) is 0 Å². The third-order valence-electron chi connectivity index (χ3n) is 4.93. The summed E-state index contributed by atoms with van der Waals surface area (Å²) in [6.45, 7) is 2.28.